The molecule has 1 amide bonds. The number of fused-ring (bicyclic) bond motifs is 1. The number of rotatable bonds is 7. The van der Waals surface area contributed by atoms with E-state index in [1.807, 2.05) is 29.2 Å². The molecule has 0 aromatic heterocycles. The quantitative estimate of drug-likeness (QED) is 0.222. The van der Waals surface area contributed by atoms with Crippen molar-refractivity contribution >= 4 is 17.6 Å². The third-order valence-electron chi connectivity index (χ3n) is 6.15. The zero-order chi connectivity index (χ0) is 24.1. The van der Waals surface area contributed by atoms with Gasteiger partial charge in [-0.3, -0.25) is 9.69 Å². The zero-order valence-corrected chi connectivity index (χ0v) is 18.5. The Balaban J connectivity index is 1.28. The van der Waals surface area contributed by atoms with E-state index in [1.54, 1.807) is 18.3 Å². The largest absolute Gasteiger partial charge is 0.457 e. The number of benzene rings is 2. The van der Waals surface area contributed by atoms with Crippen LogP contribution in [0.4, 0.5) is 5.69 Å². The molecule has 2 aliphatic heterocycles. The monoisotopic (exact) mass is 457 g/mol. The fourth-order valence-electron chi connectivity index (χ4n) is 4.23. The van der Waals surface area contributed by atoms with Crippen LogP contribution in [0.1, 0.15) is 32.6 Å². The molecule has 34 heavy (non-hydrogen) atoms. The summed E-state index contributed by atoms with van der Waals surface area (Å²) in [5, 5.41) is 22.2. The molecule has 10 nitrogen and oxygen atoms in total. The molecule has 172 valence electrons. The molecule has 2 aromatic carbocycles. The molecule has 4 rings (SSSR count). The van der Waals surface area contributed by atoms with Gasteiger partial charge in [0.2, 0.25) is 12.1 Å². The Labute approximate surface area is 197 Å². The lowest BCUT2D eigenvalue weighted by Gasteiger charge is -2.35. The molecule has 0 saturated carbocycles. The Morgan fingerprint density at radius 3 is 2.59 bits per heavy atom. The molecule has 0 radical (unpaired) electrons. The van der Waals surface area contributed by atoms with Crippen LogP contribution in [0.5, 0.6) is 0 Å². The van der Waals surface area contributed by atoms with E-state index >= 15 is 0 Å². The molecule has 0 atom stereocenters. The van der Waals surface area contributed by atoms with Crippen molar-refractivity contribution in [3.63, 3.8) is 0 Å². The van der Waals surface area contributed by atoms with Gasteiger partial charge < -0.3 is 9.64 Å². The number of hydrogen-bond donors (Lipinski definition) is 1. The SMILES string of the molecule is N#Cc1cc(CC(=O)N2CCN(CCc3ccc4c(c3)COC4=O)CC2)ccc1N(C#N)N=N. The number of carbonyl (C=O) groups excluding carboxylic acids is 2. The molecule has 1 fully saturated rings. The smallest absolute Gasteiger partial charge is 0.338 e. The van der Waals surface area contributed by atoms with Crippen LogP contribution >= 0.6 is 0 Å². The third kappa shape index (κ3) is 4.87. The highest BCUT2D eigenvalue weighted by molar-refractivity contribution is 5.93. The van der Waals surface area contributed by atoms with E-state index in [1.165, 1.54) is 11.6 Å². The highest BCUT2D eigenvalue weighted by Crippen LogP contribution is 2.23. The van der Waals surface area contributed by atoms with Gasteiger partial charge in [0.25, 0.3) is 0 Å². The van der Waals surface area contributed by atoms with Gasteiger partial charge in [0.05, 0.1) is 23.2 Å². The van der Waals surface area contributed by atoms with Crippen LogP contribution in [-0.4, -0.2) is 54.4 Å². The highest BCUT2D eigenvalue weighted by Gasteiger charge is 2.23. The molecule has 1 N–H and O–H groups in total. The molecule has 2 heterocycles. The Bertz CT molecular complexity index is 1210. The summed E-state index contributed by atoms with van der Waals surface area (Å²) in [7, 11) is 0. The number of anilines is 1. The lowest BCUT2D eigenvalue weighted by molar-refractivity contribution is -0.132. The van der Waals surface area contributed by atoms with Crippen LogP contribution in [-0.2, 0) is 29.0 Å². The number of cyclic esters (lactones) is 1. The van der Waals surface area contributed by atoms with Crippen molar-refractivity contribution in [1.29, 1.82) is 16.1 Å². The number of ether oxygens (including phenoxy) is 1. The zero-order valence-electron chi connectivity index (χ0n) is 18.5. The van der Waals surface area contributed by atoms with Gasteiger partial charge in [-0.2, -0.15) is 16.1 Å². The normalized spacial score (nSPS) is 15.1. The first-order valence-electron chi connectivity index (χ1n) is 10.9. The van der Waals surface area contributed by atoms with Crippen LogP contribution in [0.15, 0.2) is 41.6 Å². The van der Waals surface area contributed by atoms with E-state index in [0.29, 0.717) is 30.8 Å². The molecular weight excluding hydrogens is 434 g/mol. The summed E-state index contributed by atoms with van der Waals surface area (Å²) in [5.41, 5.74) is 10.9. The van der Waals surface area contributed by atoms with Gasteiger partial charge in [-0.1, -0.05) is 23.4 Å². The lowest BCUT2D eigenvalue weighted by Crippen LogP contribution is -2.49. The first-order chi connectivity index (χ1) is 16.5. The van der Waals surface area contributed by atoms with Crippen molar-refractivity contribution in [3.8, 4) is 12.3 Å². The molecule has 2 aliphatic rings. The predicted octanol–water partition coefficient (Wildman–Crippen LogP) is 2.39. The van der Waals surface area contributed by atoms with Crippen LogP contribution in [0.3, 0.4) is 0 Å². The second-order valence-corrected chi connectivity index (χ2v) is 8.19. The molecule has 10 heteroatoms. The molecular formula is C24H23N7O3. The number of piperazine rings is 1. The van der Waals surface area contributed by atoms with Crippen LogP contribution in [0, 0.1) is 28.3 Å². The summed E-state index contributed by atoms with van der Waals surface area (Å²) in [6.07, 6.45) is 2.75. The Kier molecular flexibility index (Phi) is 6.81. The number of nitrogens with zero attached hydrogens (tertiary/aromatic N) is 6. The van der Waals surface area contributed by atoms with Crippen LogP contribution in [0.2, 0.25) is 0 Å². The number of nitriles is 2. The van der Waals surface area contributed by atoms with Crippen molar-refractivity contribution < 1.29 is 14.3 Å². The van der Waals surface area contributed by atoms with E-state index in [2.05, 4.69) is 10.1 Å². The van der Waals surface area contributed by atoms with E-state index in [-0.39, 0.29) is 29.5 Å². The summed E-state index contributed by atoms with van der Waals surface area (Å²) in [6.45, 7) is 4.05. The molecule has 0 aliphatic carbocycles. The topological polar surface area (TPSA) is 137 Å². The maximum Gasteiger partial charge on any atom is 0.338 e. The summed E-state index contributed by atoms with van der Waals surface area (Å²) >= 11 is 0. The second-order valence-electron chi connectivity index (χ2n) is 8.19. The minimum absolute atomic E-state index is 0.0121. The standard InChI is InChI=1S/C24H23N7O3/c25-14-19-12-18(2-4-22(19)31(16-26)28-27)13-23(32)30-9-7-29(8-10-30)6-5-17-1-3-21-20(11-17)15-34-24(21)33/h1-4,11-12,27H,5-10,13,15H2. The van der Waals surface area contributed by atoms with E-state index in [4.69, 9.17) is 15.5 Å². The van der Waals surface area contributed by atoms with Crippen molar-refractivity contribution in [3.05, 3.63) is 64.2 Å². The van der Waals surface area contributed by atoms with Crippen molar-refractivity contribution in [2.45, 2.75) is 19.4 Å². The Morgan fingerprint density at radius 1 is 1.12 bits per heavy atom. The minimum atomic E-state index is -0.255. The second kappa shape index (κ2) is 10.1. The predicted molar refractivity (Wildman–Crippen MR) is 120 cm³/mol. The van der Waals surface area contributed by atoms with Crippen LogP contribution in [0.25, 0.3) is 0 Å². The van der Waals surface area contributed by atoms with E-state index in [0.717, 1.165) is 36.6 Å². The number of nitrogens with one attached hydrogen (secondary N) is 1. The minimum Gasteiger partial charge on any atom is -0.457 e. The fraction of sp³-hybridized carbons (Fsp3) is 0.333. The molecule has 2 aromatic rings. The highest BCUT2D eigenvalue weighted by atomic mass is 16.5. The van der Waals surface area contributed by atoms with Gasteiger partial charge in [0.1, 0.15) is 12.7 Å². The summed E-state index contributed by atoms with van der Waals surface area (Å²) in [6, 6.07) is 12.6. The molecule has 1 saturated heterocycles. The number of esters is 1. The fourth-order valence-corrected chi connectivity index (χ4v) is 4.23. The van der Waals surface area contributed by atoms with Crippen molar-refractivity contribution in [2.75, 3.05) is 37.7 Å². The lowest BCUT2D eigenvalue weighted by atomic mass is 10.0. The Morgan fingerprint density at radius 2 is 1.88 bits per heavy atom. The molecule has 0 bridgehead atoms. The summed E-state index contributed by atoms with van der Waals surface area (Å²) in [5.74, 6) is -0.267. The Hall–Kier alpha value is -4.28. The van der Waals surface area contributed by atoms with Gasteiger partial charge in [0.15, 0.2) is 0 Å². The van der Waals surface area contributed by atoms with Gasteiger partial charge in [0, 0.05) is 38.3 Å². The average Bonchev–Trinajstić information content (AvgIpc) is 3.24. The van der Waals surface area contributed by atoms with Crippen molar-refractivity contribution in [2.24, 2.45) is 5.22 Å². The van der Waals surface area contributed by atoms with Gasteiger partial charge >= 0.3 is 5.97 Å². The first-order valence-corrected chi connectivity index (χ1v) is 10.9. The maximum atomic E-state index is 12.8. The third-order valence-corrected chi connectivity index (χ3v) is 6.15. The van der Waals surface area contributed by atoms with E-state index in [9.17, 15) is 14.9 Å². The number of carbonyl (C=O) groups is 2. The first kappa shape index (κ1) is 22.9. The van der Waals surface area contributed by atoms with Gasteiger partial charge in [-0.25, -0.2) is 4.79 Å². The number of amides is 1. The number of hydrogen-bond acceptors (Lipinski definition) is 8. The maximum absolute atomic E-state index is 12.8. The summed E-state index contributed by atoms with van der Waals surface area (Å²) in [4.78, 5) is 28.5. The van der Waals surface area contributed by atoms with Gasteiger partial charge in [-0.05, 0) is 35.7 Å². The van der Waals surface area contributed by atoms with E-state index < -0.39 is 0 Å². The molecule has 0 spiro atoms. The van der Waals surface area contributed by atoms with Crippen molar-refractivity contribution in [1.82, 2.24) is 9.80 Å². The average molecular weight is 457 g/mol. The van der Waals surface area contributed by atoms with Crippen LogP contribution < -0.4 is 5.01 Å². The molecule has 0 unspecified atom stereocenters. The summed E-state index contributed by atoms with van der Waals surface area (Å²) < 4.78 is 5.06. The van der Waals surface area contributed by atoms with Gasteiger partial charge in [-0.15, -0.1) is 5.01 Å².